The van der Waals surface area contributed by atoms with Gasteiger partial charge >= 0.3 is 16.2 Å². The second kappa shape index (κ2) is 9.06. The smallest absolute Gasteiger partial charge is 0.407 e. The number of hydrogen-bond acceptors (Lipinski definition) is 6. The molecule has 0 spiro atoms. The Kier molecular flexibility index (Phi) is 7.24. The van der Waals surface area contributed by atoms with Crippen molar-refractivity contribution in [2.45, 2.75) is 56.4 Å². The molecular formula is C18H28N2O6SSi. The van der Waals surface area contributed by atoms with E-state index in [1.54, 1.807) is 12.1 Å². The largest absolute Gasteiger partial charge is 0.450 e. The Hall–Kier alpha value is -1.91. The van der Waals surface area contributed by atoms with Crippen molar-refractivity contribution in [3.8, 4) is 0 Å². The van der Waals surface area contributed by atoms with Crippen LogP contribution in [0.4, 0.5) is 4.79 Å². The first-order valence-corrected chi connectivity index (χ1v) is 14.3. The van der Waals surface area contributed by atoms with Gasteiger partial charge in [0.25, 0.3) is 0 Å². The molecule has 2 rings (SSSR count). The van der Waals surface area contributed by atoms with Gasteiger partial charge in [-0.1, -0.05) is 37.3 Å². The Labute approximate surface area is 167 Å². The Bertz CT molecular complexity index is 804. The molecule has 1 aromatic carbocycles. The van der Waals surface area contributed by atoms with Crippen molar-refractivity contribution in [3.63, 3.8) is 0 Å². The van der Waals surface area contributed by atoms with Gasteiger partial charge in [0.05, 0.1) is 24.0 Å². The van der Waals surface area contributed by atoms with Crippen LogP contribution in [0.1, 0.15) is 18.4 Å². The Balaban J connectivity index is 1.78. The molecule has 0 aromatic heterocycles. The molecule has 1 aromatic rings. The van der Waals surface area contributed by atoms with Crippen LogP contribution in [-0.2, 0) is 23.9 Å². The number of β-lactam (4-membered cyclic amide) rings is 1. The number of carbonyl (C=O) groups is 2. The van der Waals surface area contributed by atoms with Crippen LogP contribution in [-0.4, -0.2) is 52.7 Å². The number of amides is 2. The fourth-order valence-corrected chi connectivity index (χ4v) is 4.17. The summed E-state index contributed by atoms with van der Waals surface area (Å²) in [5, 5.41) is 3.48. The standard InChI is InChI=1S/C18H28N2O6SSi/c1-14-5-7-16(8-6-14)27(23,24)26-20-15(13-17(20)21)9-10-19-18(22)25-11-12-28(2,3)4/h5-8,15H,9-13H2,1-4H3,(H,19,22)/t15-/m1/s1. The topological polar surface area (TPSA) is 102 Å². The highest BCUT2D eigenvalue weighted by molar-refractivity contribution is 7.86. The van der Waals surface area contributed by atoms with Crippen molar-refractivity contribution in [2.75, 3.05) is 13.2 Å². The van der Waals surface area contributed by atoms with Crippen LogP contribution in [0.3, 0.4) is 0 Å². The maximum absolute atomic E-state index is 12.3. The van der Waals surface area contributed by atoms with Gasteiger partial charge in [-0.15, -0.1) is 4.28 Å². The predicted molar refractivity (Wildman–Crippen MR) is 107 cm³/mol. The van der Waals surface area contributed by atoms with E-state index in [1.165, 1.54) is 12.1 Å². The van der Waals surface area contributed by atoms with Gasteiger partial charge in [-0.2, -0.15) is 13.5 Å². The number of hydrogen-bond donors (Lipinski definition) is 1. The molecule has 10 heteroatoms. The average molecular weight is 429 g/mol. The molecule has 1 atom stereocenters. The molecule has 0 aliphatic carbocycles. The van der Waals surface area contributed by atoms with E-state index in [2.05, 4.69) is 25.0 Å². The lowest BCUT2D eigenvalue weighted by Crippen LogP contribution is -2.54. The van der Waals surface area contributed by atoms with E-state index in [-0.39, 0.29) is 17.9 Å². The van der Waals surface area contributed by atoms with Gasteiger partial charge in [0, 0.05) is 14.6 Å². The molecule has 1 saturated heterocycles. The molecule has 1 heterocycles. The summed E-state index contributed by atoms with van der Waals surface area (Å²) in [6.07, 6.45) is 0.0391. The van der Waals surface area contributed by atoms with Crippen molar-refractivity contribution in [2.24, 2.45) is 0 Å². The molecule has 1 fully saturated rings. The van der Waals surface area contributed by atoms with E-state index >= 15 is 0 Å². The van der Waals surface area contributed by atoms with Gasteiger partial charge in [0.2, 0.25) is 5.91 Å². The summed E-state index contributed by atoms with van der Waals surface area (Å²) in [4.78, 5) is 23.4. The average Bonchev–Trinajstić information content (AvgIpc) is 2.58. The number of carbonyl (C=O) groups excluding carboxylic acids is 2. The van der Waals surface area contributed by atoms with E-state index < -0.39 is 36.2 Å². The molecule has 0 unspecified atom stereocenters. The van der Waals surface area contributed by atoms with Crippen LogP contribution >= 0.6 is 0 Å². The second-order valence-electron chi connectivity index (χ2n) is 8.08. The van der Waals surface area contributed by atoms with Crippen LogP contribution in [0.5, 0.6) is 0 Å². The zero-order valence-corrected chi connectivity index (χ0v) is 18.5. The van der Waals surface area contributed by atoms with Gasteiger partial charge < -0.3 is 10.1 Å². The van der Waals surface area contributed by atoms with Crippen molar-refractivity contribution >= 4 is 30.2 Å². The normalized spacial score (nSPS) is 17.2. The summed E-state index contributed by atoms with van der Waals surface area (Å²) in [6.45, 7) is 9.07. The number of ether oxygens (including phenoxy) is 1. The number of nitrogens with zero attached hydrogens (tertiary/aromatic N) is 1. The fraction of sp³-hybridized carbons (Fsp3) is 0.556. The second-order valence-corrected chi connectivity index (χ2v) is 15.2. The molecule has 8 nitrogen and oxygen atoms in total. The SMILES string of the molecule is Cc1ccc(S(=O)(=O)ON2C(=O)C[C@H]2CCNC(=O)OCC[Si](C)(C)C)cc1. The molecule has 1 N–H and O–H groups in total. The summed E-state index contributed by atoms with van der Waals surface area (Å²) >= 11 is 0. The molecule has 0 saturated carbocycles. The molecule has 28 heavy (non-hydrogen) atoms. The molecule has 156 valence electrons. The number of aryl methyl sites for hydroxylation is 1. The third-order valence-electron chi connectivity index (χ3n) is 4.31. The number of hydroxylamine groups is 2. The van der Waals surface area contributed by atoms with Crippen LogP contribution in [0.15, 0.2) is 29.2 Å². The van der Waals surface area contributed by atoms with Crippen molar-refractivity contribution < 1.29 is 27.0 Å². The first-order valence-electron chi connectivity index (χ1n) is 9.22. The maximum atomic E-state index is 12.3. The first-order chi connectivity index (χ1) is 13.0. The molecular weight excluding hydrogens is 400 g/mol. The number of benzene rings is 1. The van der Waals surface area contributed by atoms with E-state index in [4.69, 9.17) is 9.02 Å². The van der Waals surface area contributed by atoms with Gasteiger partial charge in [0.1, 0.15) is 0 Å². The Morgan fingerprint density at radius 3 is 2.46 bits per heavy atom. The quantitative estimate of drug-likeness (QED) is 0.479. The highest BCUT2D eigenvalue weighted by Gasteiger charge is 2.40. The number of rotatable bonds is 9. The van der Waals surface area contributed by atoms with E-state index in [1.807, 2.05) is 6.92 Å². The fourth-order valence-electron chi connectivity index (χ4n) is 2.48. The molecule has 2 amide bonds. The van der Waals surface area contributed by atoms with Crippen molar-refractivity contribution in [3.05, 3.63) is 29.8 Å². The van der Waals surface area contributed by atoms with Crippen LogP contribution in [0.2, 0.25) is 25.7 Å². The first kappa shape index (κ1) is 22.4. The van der Waals surface area contributed by atoms with E-state index in [0.717, 1.165) is 16.7 Å². The minimum absolute atomic E-state index is 0.0133. The van der Waals surface area contributed by atoms with Crippen LogP contribution in [0, 0.1) is 6.92 Å². The monoisotopic (exact) mass is 428 g/mol. The third kappa shape index (κ3) is 6.61. The Morgan fingerprint density at radius 1 is 1.25 bits per heavy atom. The van der Waals surface area contributed by atoms with Gasteiger partial charge in [0.15, 0.2) is 0 Å². The lowest BCUT2D eigenvalue weighted by Gasteiger charge is -2.37. The molecule has 0 bridgehead atoms. The van der Waals surface area contributed by atoms with E-state index in [9.17, 15) is 18.0 Å². The van der Waals surface area contributed by atoms with Crippen LogP contribution in [0.25, 0.3) is 0 Å². The lowest BCUT2D eigenvalue weighted by molar-refractivity contribution is -0.189. The van der Waals surface area contributed by atoms with Gasteiger partial charge in [-0.05, 0) is 31.5 Å². The van der Waals surface area contributed by atoms with Gasteiger partial charge in [-0.3, -0.25) is 4.79 Å². The zero-order chi connectivity index (χ0) is 20.9. The van der Waals surface area contributed by atoms with E-state index in [0.29, 0.717) is 13.0 Å². The number of nitrogens with one attached hydrogen (secondary N) is 1. The predicted octanol–water partition coefficient (Wildman–Crippen LogP) is 2.67. The van der Waals surface area contributed by atoms with Gasteiger partial charge in [-0.25, -0.2) is 4.79 Å². The van der Waals surface area contributed by atoms with Crippen molar-refractivity contribution in [1.82, 2.24) is 10.4 Å². The zero-order valence-electron chi connectivity index (χ0n) is 16.7. The summed E-state index contributed by atoms with van der Waals surface area (Å²) in [6, 6.07) is 6.65. The highest BCUT2D eigenvalue weighted by atomic mass is 32.2. The summed E-state index contributed by atoms with van der Waals surface area (Å²) < 4.78 is 34.8. The lowest BCUT2D eigenvalue weighted by atomic mass is 10.0. The number of alkyl carbamates (subject to hydrolysis) is 1. The van der Waals surface area contributed by atoms with Crippen LogP contribution < -0.4 is 5.32 Å². The minimum Gasteiger partial charge on any atom is -0.450 e. The summed E-state index contributed by atoms with van der Waals surface area (Å²) in [7, 11) is -5.34. The molecule has 1 aliphatic rings. The molecule has 0 radical (unpaired) electrons. The highest BCUT2D eigenvalue weighted by Crippen LogP contribution is 2.26. The molecule has 1 aliphatic heterocycles. The van der Waals surface area contributed by atoms with Crippen molar-refractivity contribution in [1.29, 1.82) is 0 Å². The third-order valence-corrected chi connectivity index (χ3v) is 7.22. The minimum atomic E-state index is -4.07. The maximum Gasteiger partial charge on any atom is 0.407 e. The Morgan fingerprint density at radius 2 is 1.89 bits per heavy atom. The summed E-state index contributed by atoms with van der Waals surface area (Å²) in [5.74, 6) is -0.404. The summed E-state index contributed by atoms with van der Waals surface area (Å²) in [5.41, 5.74) is 0.916.